The second-order valence-electron chi connectivity index (χ2n) is 8.84. The van der Waals surface area contributed by atoms with Crippen molar-refractivity contribution in [1.29, 1.82) is 0 Å². The molecule has 5 nitrogen and oxygen atoms in total. The Morgan fingerprint density at radius 3 is 2.28 bits per heavy atom. The van der Waals surface area contributed by atoms with E-state index >= 15 is 0 Å². The normalized spacial score (nSPS) is 19.0. The molecule has 2 aliphatic heterocycles. The fourth-order valence-corrected chi connectivity index (χ4v) is 4.50. The zero-order valence-corrected chi connectivity index (χ0v) is 18.5. The molecule has 2 fully saturated rings. The summed E-state index contributed by atoms with van der Waals surface area (Å²) in [5, 5.41) is 0. The third-order valence-electron chi connectivity index (χ3n) is 6.37. The molecule has 0 aliphatic carbocycles. The van der Waals surface area contributed by atoms with Gasteiger partial charge in [-0.2, -0.15) is 0 Å². The minimum atomic E-state index is -0.291. The molecule has 0 saturated carbocycles. The smallest absolute Gasteiger partial charge is 0.253 e. The third-order valence-corrected chi connectivity index (χ3v) is 6.37. The lowest BCUT2D eigenvalue weighted by atomic mass is 9.98. The van der Waals surface area contributed by atoms with Crippen LogP contribution in [0.5, 0.6) is 5.75 Å². The highest BCUT2D eigenvalue weighted by molar-refractivity contribution is 5.94. The molecule has 6 heteroatoms. The fourth-order valence-electron chi connectivity index (χ4n) is 4.50. The highest BCUT2D eigenvalue weighted by Crippen LogP contribution is 2.21. The number of nitrogens with zero attached hydrogens (tertiary/aromatic N) is 2. The van der Waals surface area contributed by atoms with Gasteiger partial charge in [-0.05, 0) is 74.1 Å². The van der Waals surface area contributed by atoms with Crippen LogP contribution in [0.25, 0.3) is 0 Å². The van der Waals surface area contributed by atoms with Crippen LogP contribution in [-0.4, -0.2) is 54.4 Å². The van der Waals surface area contributed by atoms with Crippen molar-refractivity contribution >= 4 is 11.8 Å². The number of likely N-dealkylation sites (tertiary alicyclic amines) is 2. The summed E-state index contributed by atoms with van der Waals surface area (Å²) in [5.74, 6) is 0.895. The average Bonchev–Trinajstić information content (AvgIpc) is 2.85. The summed E-state index contributed by atoms with van der Waals surface area (Å²) in [5.41, 5.74) is 1.53. The van der Waals surface area contributed by atoms with E-state index in [0.29, 0.717) is 25.1 Å². The number of halogens is 1. The van der Waals surface area contributed by atoms with Crippen molar-refractivity contribution < 1.29 is 18.7 Å². The Bertz CT molecular complexity index is 908. The predicted molar refractivity (Wildman–Crippen MR) is 121 cm³/mol. The van der Waals surface area contributed by atoms with E-state index in [1.165, 1.54) is 18.6 Å². The fraction of sp³-hybridized carbons (Fsp3) is 0.462. The van der Waals surface area contributed by atoms with Crippen LogP contribution >= 0.6 is 0 Å². The Kier molecular flexibility index (Phi) is 7.40. The van der Waals surface area contributed by atoms with Crippen LogP contribution < -0.4 is 4.74 Å². The van der Waals surface area contributed by atoms with Crippen LogP contribution in [0, 0.1) is 11.7 Å². The summed E-state index contributed by atoms with van der Waals surface area (Å²) in [6.07, 6.45) is 5.63. The van der Waals surface area contributed by atoms with Crippen molar-refractivity contribution in [3.8, 4) is 5.75 Å². The van der Waals surface area contributed by atoms with Crippen molar-refractivity contribution in [2.24, 2.45) is 5.92 Å². The number of hydrogen-bond donors (Lipinski definition) is 0. The van der Waals surface area contributed by atoms with Crippen molar-refractivity contribution in [2.75, 3.05) is 32.8 Å². The van der Waals surface area contributed by atoms with Crippen LogP contribution in [0.15, 0.2) is 48.5 Å². The van der Waals surface area contributed by atoms with Gasteiger partial charge in [0.05, 0.1) is 13.0 Å². The van der Waals surface area contributed by atoms with Crippen LogP contribution in [-0.2, 0) is 11.2 Å². The Morgan fingerprint density at radius 1 is 0.875 bits per heavy atom. The van der Waals surface area contributed by atoms with E-state index in [0.717, 1.165) is 56.6 Å². The van der Waals surface area contributed by atoms with Crippen molar-refractivity contribution in [2.45, 2.75) is 38.5 Å². The first kappa shape index (κ1) is 22.3. The Hall–Kier alpha value is -2.89. The van der Waals surface area contributed by atoms with Gasteiger partial charge in [-0.15, -0.1) is 0 Å². The zero-order chi connectivity index (χ0) is 22.3. The Balaban J connectivity index is 1.25. The lowest BCUT2D eigenvalue weighted by Gasteiger charge is -2.32. The summed E-state index contributed by atoms with van der Waals surface area (Å²) in [6, 6.07) is 13.5. The van der Waals surface area contributed by atoms with Crippen LogP contribution in [0.4, 0.5) is 4.39 Å². The van der Waals surface area contributed by atoms with Gasteiger partial charge in [0.1, 0.15) is 11.6 Å². The van der Waals surface area contributed by atoms with Crippen molar-refractivity contribution in [3.63, 3.8) is 0 Å². The molecule has 1 atom stereocenters. The second-order valence-corrected chi connectivity index (χ2v) is 8.84. The molecule has 4 rings (SSSR count). The molecule has 2 amide bonds. The first-order valence-corrected chi connectivity index (χ1v) is 11.6. The molecule has 0 aromatic heterocycles. The first-order valence-electron chi connectivity index (χ1n) is 11.6. The standard InChI is InChI=1S/C26H31FN2O3/c27-23-10-6-20(7-11-23)17-25(30)29-16-4-5-21(18-29)19-32-24-12-8-22(9-13-24)26(31)28-14-2-1-3-15-28/h6-13,21H,1-5,14-19H2/t21-/m1/s1. The van der Waals surface area contributed by atoms with Crippen LogP contribution in [0.3, 0.4) is 0 Å². The number of amides is 2. The molecule has 0 bridgehead atoms. The largest absolute Gasteiger partial charge is 0.493 e. The van der Waals surface area contributed by atoms with Gasteiger partial charge in [0.15, 0.2) is 0 Å². The monoisotopic (exact) mass is 438 g/mol. The minimum absolute atomic E-state index is 0.0712. The van der Waals surface area contributed by atoms with E-state index in [9.17, 15) is 14.0 Å². The van der Waals surface area contributed by atoms with Crippen LogP contribution in [0.1, 0.15) is 48.0 Å². The third kappa shape index (κ3) is 5.87. The van der Waals surface area contributed by atoms with Gasteiger partial charge in [-0.25, -0.2) is 4.39 Å². The molecule has 0 unspecified atom stereocenters. The zero-order valence-electron chi connectivity index (χ0n) is 18.5. The summed E-state index contributed by atoms with van der Waals surface area (Å²) in [4.78, 5) is 29.1. The van der Waals surface area contributed by atoms with E-state index < -0.39 is 0 Å². The van der Waals surface area contributed by atoms with Gasteiger partial charge in [-0.1, -0.05) is 12.1 Å². The second kappa shape index (κ2) is 10.6. The highest BCUT2D eigenvalue weighted by Gasteiger charge is 2.24. The maximum atomic E-state index is 13.1. The van der Waals surface area contributed by atoms with Gasteiger partial charge < -0.3 is 14.5 Å². The molecule has 0 radical (unpaired) electrons. The Morgan fingerprint density at radius 2 is 1.56 bits per heavy atom. The summed E-state index contributed by atoms with van der Waals surface area (Å²) >= 11 is 0. The summed E-state index contributed by atoms with van der Waals surface area (Å²) < 4.78 is 19.1. The number of carbonyl (C=O) groups excluding carboxylic acids is 2. The number of hydrogen-bond acceptors (Lipinski definition) is 3. The Labute approximate surface area is 189 Å². The topological polar surface area (TPSA) is 49.9 Å². The van der Waals surface area contributed by atoms with Crippen LogP contribution in [0.2, 0.25) is 0 Å². The average molecular weight is 439 g/mol. The molecule has 2 aliphatic rings. The SMILES string of the molecule is O=C(Cc1ccc(F)cc1)N1CCC[C@@H](COc2ccc(C(=O)N3CCCCC3)cc2)C1. The molecule has 2 saturated heterocycles. The number of ether oxygens (including phenoxy) is 1. The molecule has 2 aromatic carbocycles. The van der Waals surface area contributed by atoms with E-state index in [-0.39, 0.29) is 23.5 Å². The highest BCUT2D eigenvalue weighted by atomic mass is 19.1. The van der Waals surface area contributed by atoms with Crippen molar-refractivity contribution in [1.82, 2.24) is 9.80 Å². The molecule has 0 N–H and O–H groups in total. The van der Waals surface area contributed by atoms with Gasteiger partial charge >= 0.3 is 0 Å². The summed E-state index contributed by atoms with van der Waals surface area (Å²) in [7, 11) is 0. The van der Waals surface area contributed by atoms with Gasteiger partial charge in [0.25, 0.3) is 5.91 Å². The van der Waals surface area contributed by atoms with Crippen molar-refractivity contribution in [3.05, 3.63) is 65.5 Å². The quantitative estimate of drug-likeness (QED) is 0.675. The molecule has 0 spiro atoms. The number of benzene rings is 2. The predicted octanol–water partition coefficient (Wildman–Crippen LogP) is 4.31. The molecule has 32 heavy (non-hydrogen) atoms. The summed E-state index contributed by atoms with van der Waals surface area (Å²) in [6.45, 7) is 3.65. The first-order chi connectivity index (χ1) is 15.6. The lowest BCUT2D eigenvalue weighted by Crippen LogP contribution is -2.42. The van der Waals surface area contributed by atoms with Gasteiger partial charge in [-0.3, -0.25) is 9.59 Å². The number of rotatable bonds is 6. The van der Waals surface area contributed by atoms with E-state index in [1.54, 1.807) is 12.1 Å². The molecular weight excluding hydrogens is 407 g/mol. The minimum Gasteiger partial charge on any atom is -0.493 e. The van der Waals surface area contributed by atoms with Gasteiger partial charge in [0.2, 0.25) is 5.91 Å². The van der Waals surface area contributed by atoms with Gasteiger partial charge in [0, 0.05) is 37.7 Å². The van der Waals surface area contributed by atoms with E-state index in [2.05, 4.69) is 0 Å². The molecule has 2 aromatic rings. The lowest BCUT2D eigenvalue weighted by molar-refractivity contribution is -0.132. The number of piperidine rings is 2. The maximum Gasteiger partial charge on any atom is 0.253 e. The van der Waals surface area contributed by atoms with E-state index in [1.807, 2.05) is 34.1 Å². The molecular formula is C26H31FN2O3. The molecule has 2 heterocycles. The maximum absolute atomic E-state index is 13.1. The number of carbonyl (C=O) groups is 2. The van der Waals surface area contributed by atoms with E-state index in [4.69, 9.17) is 4.74 Å². The molecule has 170 valence electrons.